The summed E-state index contributed by atoms with van der Waals surface area (Å²) in [6.07, 6.45) is 5.33. The van der Waals surface area contributed by atoms with E-state index in [1.807, 2.05) is 11.6 Å². The third-order valence-corrected chi connectivity index (χ3v) is 7.67. The minimum atomic E-state index is -0.348. The summed E-state index contributed by atoms with van der Waals surface area (Å²) in [5, 5.41) is 8.05. The average molecular weight is 468 g/mol. The van der Waals surface area contributed by atoms with Gasteiger partial charge in [0.2, 0.25) is 0 Å². The molecule has 1 saturated heterocycles. The second-order valence-electron chi connectivity index (χ2n) is 10.1. The number of aryl methyl sites for hydroxylation is 1. The molecule has 34 heavy (non-hydrogen) atoms. The number of carbonyl (C=O) groups is 2. The molecule has 1 amide bonds. The van der Waals surface area contributed by atoms with Crippen molar-refractivity contribution in [2.75, 3.05) is 33.5 Å². The summed E-state index contributed by atoms with van der Waals surface area (Å²) in [6.45, 7) is 5.16. The van der Waals surface area contributed by atoms with Crippen molar-refractivity contribution in [3.05, 3.63) is 46.8 Å². The molecule has 5 rings (SSSR count). The molecule has 1 aliphatic carbocycles. The monoisotopic (exact) mass is 467 g/mol. The Kier molecular flexibility index (Phi) is 6.10. The number of aromatic nitrogens is 2. The molecule has 1 aromatic carbocycles. The highest BCUT2D eigenvalue weighted by molar-refractivity contribution is 5.97. The second-order valence-corrected chi connectivity index (χ2v) is 10.1. The lowest BCUT2D eigenvalue weighted by Crippen LogP contribution is -2.41. The molecule has 1 N–H and O–H groups in total. The van der Waals surface area contributed by atoms with Crippen molar-refractivity contribution in [3.8, 4) is 5.75 Å². The van der Waals surface area contributed by atoms with Gasteiger partial charge in [-0.1, -0.05) is 13.0 Å². The van der Waals surface area contributed by atoms with Gasteiger partial charge in [0, 0.05) is 25.2 Å². The molecule has 2 fully saturated rings. The smallest absolute Gasteiger partial charge is 0.338 e. The van der Waals surface area contributed by atoms with Gasteiger partial charge in [-0.15, -0.1) is 0 Å². The lowest BCUT2D eigenvalue weighted by atomic mass is 9.76. The SMILES string of the molecule is CCc1nn(CC2(COC(=O)c3cccc(OC)c3)CC2)c2c1C(=O)NCC1(CCOCC1)C2. The van der Waals surface area contributed by atoms with Crippen LogP contribution in [-0.4, -0.2) is 55.1 Å². The average Bonchev–Trinajstić information content (AvgIpc) is 3.58. The van der Waals surface area contributed by atoms with Gasteiger partial charge in [0.1, 0.15) is 5.75 Å². The van der Waals surface area contributed by atoms with E-state index in [9.17, 15) is 9.59 Å². The first-order valence-electron chi connectivity index (χ1n) is 12.2. The quantitative estimate of drug-likeness (QED) is 0.629. The number of esters is 1. The molecule has 1 aromatic heterocycles. The van der Waals surface area contributed by atoms with E-state index in [-0.39, 0.29) is 22.7 Å². The molecule has 3 heterocycles. The minimum absolute atomic E-state index is 0.0114. The van der Waals surface area contributed by atoms with E-state index in [2.05, 4.69) is 5.32 Å². The van der Waals surface area contributed by atoms with Gasteiger partial charge in [-0.2, -0.15) is 5.10 Å². The summed E-state index contributed by atoms with van der Waals surface area (Å²) < 4.78 is 18.6. The fourth-order valence-corrected chi connectivity index (χ4v) is 5.20. The normalized spacial score (nSPS) is 20.2. The number of benzene rings is 1. The van der Waals surface area contributed by atoms with Gasteiger partial charge in [-0.25, -0.2) is 4.79 Å². The molecule has 2 aromatic rings. The molecule has 0 bridgehead atoms. The van der Waals surface area contributed by atoms with Crippen molar-refractivity contribution in [2.24, 2.45) is 10.8 Å². The summed E-state index contributed by atoms with van der Waals surface area (Å²) >= 11 is 0. The number of nitrogens with one attached hydrogen (secondary N) is 1. The topological polar surface area (TPSA) is 91.7 Å². The van der Waals surface area contributed by atoms with E-state index in [4.69, 9.17) is 19.3 Å². The minimum Gasteiger partial charge on any atom is -0.497 e. The van der Waals surface area contributed by atoms with Crippen molar-refractivity contribution in [2.45, 2.75) is 52.0 Å². The molecule has 8 heteroatoms. The van der Waals surface area contributed by atoms with Gasteiger partial charge in [0.05, 0.1) is 42.8 Å². The van der Waals surface area contributed by atoms with Crippen LogP contribution in [0, 0.1) is 10.8 Å². The van der Waals surface area contributed by atoms with Crippen LogP contribution in [0.1, 0.15) is 64.7 Å². The van der Waals surface area contributed by atoms with Gasteiger partial charge >= 0.3 is 5.97 Å². The molecular weight excluding hydrogens is 434 g/mol. The Labute approximate surface area is 199 Å². The molecule has 0 atom stereocenters. The van der Waals surface area contributed by atoms with Gasteiger partial charge in [0.15, 0.2) is 0 Å². The van der Waals surface area contributed by atoms with Crippen LogP contribution in [0.4, 0.5) is 0 Å². The summed E-state index contributed by atoms with van der Waals surface area (Å²) in [5.74, 6) is 0.261. The highest BCUT2D eigenvalue weighted by atomic mass is 16.5. The Morgan fingerprint density at radius 1 is 1.24 bits per heavy atom. The zero-order chi connectivity index (χ0) is 23.8. The van der Waals surface area contributed by atoms with Crippen LogP contribution in [0.15, 0.2) is 24.3 Å². The lowest BCUT2D eigenvalue weighted by Gasteiger charge is -2.36. The van der Waals surface area contributed by atoms with Crippen LogP contribution in [0.25, 0.3) is 0 Å². The number of ether oxygens (including phenoxy) is 3. The summed E-state index contributed by atoms with van der Waals surface area (Å²) in [7, 11) is 1.58. The van der Waals surface area contributed by atoms with E-state index < -0.39 is 0 Å². The number of fused-ring (bicyclic) bond motifs is 1. The summed E-state index contributed by atoms with van der Waals surface area (Å²) in [6, 6.07) is 7.01. The largest absolute Gasteiger partial charge is 0.497 e. The van der Waals surface area contributed by atoms with Crippen LogP contribution < -0.4 is 10.1 Å². The van der Waals surface area contributed by atoms with E-state index in [0.717, 1.165) is 62.3 Å². The number of carbonyl (C=O) groups excluding carboxylic acids is 2. The number of nitrogens with zero attached hydrogens (tertiary/aromatic N) is 2. The number of rotatable bonds is 7. The molecule has 8 nitrogen and oxygen atoms in total. The van der Waals surface area contributed by atoms with E-state index in [1.165, 1.54) is 0 Å². The maximum Gasteiger partial charge on any atom is 0.338 e. The molecule has 1 spiro atoms. The summed E-state index contributed by atoms with van der Waals surface area (Å²) in [4.78, 5) is 25.7. The Balaban J connectivity index is 1.35. The van der Waals surface area contributed by atoms with E-state index in [1.54, 1.807) is 31.4 Å². The van der Waals surface area contributed by atoms with Crippen molar-refractivity contribution in [1.29, 1.82) is 0 Å². The van der Waals surface area contributed by atoms with Crippen LogP contribution >= 0.6 is 0 Å². The predicted octanol–water partition coefficient (Wildman–Crippen LogP) is 3.17. The van der Waals surface area contributed by atoms with Gasteiger partial charge < -0.3 is 19.5 Å². The highest BCUT2D eigenvalue weighted by Crippen LogP contribution is 2.48. The van der Waals surface area contributed by atoms with Crippen molar-refractivity contribution in [1.82, 2.24) is 15.1 Å². The third kappa shape index (κ3) is 4.43. The Morgan fingerprint density at radius 3 is 2.74 bits per heavy atom. The number of amides is 1. The Bertz CT molecular complexity index is 1080. The molecule has 0 radical (unpaired) electrons. The second kappa shape index (κ2) is 9.06. The lowest BCUT2D eigenvalue weighted by molar-refractivity contribution is 0.0149. The number of hydrogen-bond donors (Lipinski definition) is 1. The first-order chi connectivity index (χ1) is 16.5. The molecule has 3 aliphatic rings. The Hall–Kier alpha value is -2.87. The fraction of sp³-hybridized carbons (Fsp3) is 0.577. The van der Waals surface area contributed by atoms with Gasteiger partial charge in [0.25, 0.3) is 5.91 Å². The fourth-order valence-electron chi connectivity index (χ4n) is 5.20. The standard InChI is InChI=1S/C26H33N3O5/c1-3-20-22-21(14-25(15-27-23(22)30)9-11-33-12-10-25)29(28-20)16-26(7-8-26)17-34-24(31)18-5-4-6-19(13-18)32-2/h4-6,13H,3,7-12,14-17H2,1-2H3,(H,27,30). The Morgan fingerprint density at radius 2 is 2.03 bits per heavy atom. The molecule has 182 valence electrons. The molecule has 1 saturated carbocycles. The van der Waals surface area contributed by atoms with Crippen molar-refractivity contribution < 1.29 is 23.8 Å². The third-order valence-electron chi connectivity index (χ3n) is 7.67. The zero-order valence-electron chi connectivity index (χ0n) is 20.0. The van der Waals surface area contributed by atoms with E-state index >= 15 is 0 Å². The van der Waals surface area contributed by atoms with E-state index in [0.29, 0.717) is 37.4 Å². The predicted molar refractivity (Wildman–Crippen MR) is 125 cm³/mol. The molecule has 0 unspecified atom stereocenters. The highest BCUT2D eigenvalue weighted by Gasteiger charge is 2.47. The molecular formula is C26H33N3O5. The van der Waals surface area contributed by atoms with Crippen LogP contribution in [0.5, 0.6) is 5.75 Å². The maximum absolute atomic E-state index is 13.1. The first kappa shape index (κ1) is 22.9. The zero-order valence-corrected chi connectivity index (χ0v) is 20.0. The van der Waals surface area contributed by atoms with Crippen molar-refractivity contribution in [3.63, 3.8) is 0 Å². The molecule has 2 aliphatic heterocycles. The maximum atomic E-state index is 13.1. The van der Waals surface area contributed by atoms with Crippen LogP contribution in [0.2, 0.25) is 0 Å². The van der Waals surface area contributed by atoms with Gasteiger partial charge in [-0.3, -0.25) is 9.48 Å². The summed E-state index contributed by atoms with van der Waals surface area (Å²) in [5.41, 5.74) is 2.98. The number of hydrogen-bond acceptors (Lipinski definition) is 6. The first-order valence-corrected chi connectivity index (χ1v) is 12.2. The number of methoxy groups -OCH3 is 1. The van der Waals surface area contributed by atoms with Crippen LogP contribution in [-0.2, 0) is 28.9 Å². The van der Waals surface area contributed by atoms with Gasteiger partial charge in [-0.05, 0) is 62.1 Å². The van der Waals surface area contributed by atoms with Crippen molar-refractivity contribution >= 4 is 11.9 Å². The van der Waals surface area contributed by atoms with Crippen LogP contribution in [0.3, 0.4) is 0 Å².